The molecule has 1 amide bonds. The summed E-state index contributed by atoms with van der Waals surface area (Å²) in [6.07, 6.45) is 0.730. The predicted molar refractivity (Wildman–Crippen MR) is 64.6 cm³/mol. The lowest BCUT2D eigenvalue weighted by Gasteiger charge is -2.31. The maximum atomic E-state index is 11.9. The summed E-state index contributed by atoms with van der Waals surface area (Å²) in [5.74, 6) is -0.0461. The molecule has 84 valence electrons. The van der Waals surface area contributed by atoms with E-state index in [1.54, 1.807) is 12.1 Å². The average molecular weight is 236 g/mol. The van der Waals surface area contributed by atoms with Crippen LogP contribution in [0.25, 0.3) is 0 Å². The van der Waals surface area contributed by atoms with Gasteiger partial charge in [-0.05, 0) is 25.1 Å². The maximum Gasteiger partial charge on any atom is 0.240 e. The second-order valence-electron chi connectivity index (χ2n) is 3.60. The van der Waals surface area contributed by atoms with Crippen LogP contribution in [0.1, 0.15) is 6.92 Å². The minimum Gasteiger partial charge on any atom is -0.399 e. The lowest BCUT2D eigenvalue weighted by atomic mass is 10.2. The molecular weight excluding hydrogens is 224 g/mol. The van der Waals surface area contributed by atoms with E-state index in [-0.39, 0.29) is 17.7 Å². The predicted octanol–water partition coefficient (Wildman–Crippen LogP) is 1.29. The van der Waals surface area contributed by atoms with Crippen molar-refractivity contribution in [3.8, 4) is 0 Å². The average Bonchev–Trinajstić information content (AvgIpc) is 2.26. The van der Waals surface area contributed by atoms with Gasteiger partial charge in [0.1, 0.15) is 6.29 Å². The number of hydrogen-bond donors (Lipinski definition) is 1. The standard InChI is InChI=1S/C11H12N2O2S/c1-7-11(15)13(4-5-14)9-6-8(12)2-3-10(9)16-7/h2-3,5-7H,4,12H2,1H3. The van der Waals surface area contributed by atoms with Crippen molar-refractivity contribution < 1.29 is 9.59 Å². The van der Waals surface area contributed by atoms with Crippen LogP contribution in [-0.2, 0) is 9.59 Å². The van der Waals surface area contributed by atoms with Crippen LogP contribution in [0.3, 0.4) is 0 Å². The number of thioether (sulfide) groups is 1. The normalized spacial score (nSPS) is 19.4. The Morgan fingerprint density at radius 1 is 1.56 bits per heavy atom. The van der Waals surface area contributed by atoms with Crippen LogP contribution in [0.15, 0.2) is 23.1 Å². The van der Waals surface area contributed by atoms with E-state index in [9.17, 15) is 9.59 Å². The number of aldehydes is 1. The Kier molecular flexibility index (Phi) is 2.87. The largest absolute Gasteiger partial charge is 0.399 e. The van der Waals surface area contributed by atoms with Gasteiger partial charge in [0.25, 0.3) is 0 Å². The zero-order chi connectivity index (χ0) is 11.7. The number of nitrogen functional groups attached to an aromatic ring is 1. The van der Waals surface area contributed by atoms with Crippen molar-refractivity contribution in [2.24, 2.45) is 0 Å². The molecule has 1 aromatic rings. The van der Waals surface area contributed by atoms with E-state index >= 15 is 0 Å². The molecule has 1 unspecified atom stereocenters. The number of carbonyl (C=O) groups excluding carboxylic acids is 2. The van der Waals surface area contributed by atoms with Gasteiger partial charge in [0.2, 0.25) is 5.91 Å². The fourth-order valence-corrected chi connectivity index (χ4v) is 2.73. The number of nitrogens with zero attached hydrogens (tertiary/aromatic N) is 1. The van der Waals surface area contributed by atoms with E-state index in [2.05, 4.69) is 0 Å². The van der Waals surface area contributed by atoms with Crippen molar-refractivity contribution in [2.75, 3.05) is 17.2 Å². The van der Waals surface area contributed by atoms with Crippen LogP contribution in [0.4, 0.5) is 11.4 Å². The highest BCUT2D eigenvalue weighted by Gasteiger charge is 2.30. The second kappa shape index (κ2) is 4.17. The third kappa shape index (κ3) is 1.78. The lowest BCUT2D eigenvalue weighted by Crippen LogP contribution is -2.40. The Morgan fingerprint density at radius 2 is 2.31 bits per heavy atom. The molecule has 1 atom stereocenters. The van der Waals surface area contributed by atoms with Gasteiger partial charge in [0.15, 0.2) is 0 Å². The molecule has 2 rings (SSSR count). The Bertz CT molecular complexity index is 448. The topological polar surface area (TPSA) is 63.4 Å². The first-order valence-corrected chi connectivity index (χ1v) is 5.82. The quantitative estimate of drug-likeness (QED) is 0.621. The molecule has 0 aromatic heterocycles. The molecule has 0 bridgehead atoms. The Balaban J connectivity index is 2.48. The first-order valence-electron chi connectivity index (χ1n) is 4.94. The van der Waals surface area contributed by atoms with Gasteiger partial charge < -0.3 is 15.4 Å². The maximum absolute atomic E-state index is 11.9. The van der Waals surface area contributed by atoms with Gasteiger partial charge in [-0.2, -0.15) is 0 Å². The molecule has 1 heterocycles. The van der Waals surface area contributed by atoms with Crippen molar-refractivity contribution in [1.82, 2.24) is 0 Å². The Labute approximate surface area is 97.8 Å². The molecule has 16 heavy (non-hydrogen) atoms. The van der Waals surface area contributed by atoms with Crippen LogP contribution in [0.2, 0.25) is 0 Å². The third-order valence-electron chi connectivity index (χ3n) is 2.45. The monoisotopic (exact) mass is 236 g/mol. The van der Waals surface area contributed by atoms with Crippen LogP contribution < -0.4 is 10.6 Å². The van der Waals surface area contributed by atoms with Crippen molar-refractivity contribution >= 4 is 35.3 Å². The minimum absolute atomic E-state index is 0.0461. The molecule has 4 nitrogen and oxygen atoms in total. The zero-order valence-electron chi connectivity index (χ0n) is 8.84. The number of carbonyl (C=O) groups is 2. The molecule has 2 N–H and O–H groups in total. The number of rotatable bonds is 2. The van der Waals surface area contributed by atoms with E-state index in [1.807, 2.05) is 13.0 Å². The molecule has 0 saturated heterocycles. The Hall–Kier alpha value is -1.49. The molecule has 1 aromatic carbocycles. The van der Waals surface area contributed by atoms with Crippen molar-refractivity contribution in [2.45, 2.75) is 17.1 Å². The van der Waals surface area contributed by atoms with Gasteiger partial charge in [-0.25, -0.2) is 0 Å². The fraction of sp³-hybridized carbons (Fsp3) is 0.273. The van der Waals surface area contributed by atoms with E-state index in [1.165, 1.54) is 16.7 Å². The summed E-state index contributed by atoms with van der Waals surface area (Å²) in [5, 5.41) is -0.156. The number of fused-ring (bicyclic) bond motifs is 1. The van der Waals surface area contributed by atoms with Gasteiger partial charge in [-0.15, -0.1) is 11.8 Å². The van der Waals surface area contributed by atoms with E-state index < -0.39 is 0 Å². The van der Waals surface area contributed by atoms with Crippen LogP contribution >= 0.6 is 11.8 Å². The molecule has 5 heteroatoms. The summed E-state index contributed by atoms with van der Waals surface area (Å²) >= 11 is 1.50. The van der Waals surface area contributed by atoms with Crippen molar-refractivity contribution in [3.05, 3.63) is 18.2 Å². The second-order valence-corrected chi connectivity index (χ2v) is 4.99. The van der Waals surface area contributed by atoms with E-state index in [4.69, 9.17) is 5.73 Å². The number of hydrogen-bond acceptors (Lipinski definition) is 4. The minimum atomic E-state index is -0.156. The Morgan fingerprint density at radius 3 is 3.00 bits per heavy atom. The van der Waals surface area contributed by atoms with E-state index in [0.717, 1.165) is 16.9 Å². The molecule has 0 fully saturated rings. The van der Waals surface area contributed by atoms with Gasteiger partial charge >= 0.3 is 0 Å². The molecule has 1 aliphatic rings. The van der Waals surface area contributed by atoms with Gasteiger partial charge in [-0.3, -0.25) is 4.79 Å². The number of anilines is 2. The summed E-state index contributed by atoms with van der Waals surface area (Å²) in [5.41, 5.74) is 7.02. The lowest BCUT2D eigenvalue weighted by molar-refractivity contribution is -0.119. The summed E-state index contributed by atoms with van der Waals surface area (Å²) in [6.45, 7) is 1.92. The molecule has 0 spiro atoms. The highest BCUT2D eigenvalue weighted by Crippen LogP contribution is 2.39. The molecular formula is C11H12N2O2S. The molecule has 0 radical (unpaired) electrons. The molecule has 1 aliphatic heterocycles. The molecule has 0 aliphatic carbocycles. The van der Waals surface area contributed by atoms with E-state index in [0.29, 0.717) is 5.69 Å². The van der Waals surface area contributed by atoms with Gasteiger partial charge in [0, 0.05) is 10.6 Å². The van der Waals surface area contributed by atoms with Crippen LogP contribution in [0, 0.1) is 0 Å². The van der Waals surface area contributed by atoms with Crippen molar-refractivity contribution in [3.63, 3.8) is 0 Å². The van der Waals surface area contributed by atoms with Crippen LogP contribution in [-0.4, -0.2) is 24.0 Å². The summed E-state index contributed by atoms with van der Waals surface area (Å²) < 4.78 is 0. The SMILES string of the molecule is CC1Sc2ccc(N)cc2N(CC=O)C1=O. The zero-order valence-corrected chi connectivity index (χ0v) is 9.66. The van der Waals surface area contributed by atoms with Crippen molar-refractivity contribution in [1.29, 1.82) is 0 Å². The highest BCUT2D eigenvalue weighted by atomic mass is 32.2. The smallest absolute Gasteiger partial charge is 0.240 e. The summed E-state index contributed by atoms with van der Waals surface area (Å²) in [4.78, 5) is 25.0. The first-order chi connectivity index (χ1) is 7.63. The first kappa shape index (κ1) is 11.0. The molecule has 0 saturated carbocycles. The number of nitrogens with two attached hydrogens (primary N) is 1. The number of amides is 1. The van der Waals surface area contributed by atoms with Gasteiger partial charge in [0.05, 0.1) is 17.5 Å². The summed E-state index contributed by atoms with van der Waals surface area (Å²) in [6, 6.07) is 5.42. The fourth-order valence-electron chi connectivity index (χ4n) is 1.69. The highest BCUT2D eigenvalue weighted by molar-refractivity contribution is 8.01. The third-order valence-corrected chi connectivity index (χ3v) is 3.60. The summed E-state index contributed by atoms with van der Waals surface area (Å²) in [7, 11) is 0. The van der Waals surface area contributed by atoms with Gasteiger partial charge in [-0.1, -0.05) is 0 Å². The van der Waals surface area contributed by atoms with Crippen LogP contribution in [0.5, 0.6) is 0 Å². The number of benzene rings is 1.